The maximum absolute atomic E-state index is 12.8. The molecule has 2 aliphatic rings. The van der Waals surface area contributed by atoms with Crippen molar-refractivity contribution >= 4 is 12.0 Å². The number of hydrogen-bond acceptors (Lipinski definition) is 1. The topological polar surface area (TPSA) is 37.3 Å². The Balaban J connectivity index is 0.000000189. The number of carboxylic acid groups (broad SMARTS) is 1. The minimum Gasteiger partial charge on any atom is -0.478 e. The summed E-state index contributed by atoms with van der Waals surface area (Å²) in [7, 11) is 0. The summed E-state index contributed by atoms with van der Waals surface area (Å²) >= 11 is 0. The molecule has 1 fully saturated rings. The Labute approximate surface area is 125 Å². The molecule has 21 heavy (non-hydrogen) atoms. The molecule has 0 spiro atoms. The fourth-order valence-corrected chi connectivity index (χ4v) is 2.92. The first-order valence-corrected chi connectivity index (χ1v) is 7.46. The number of fused-ring (bicyclic) bond motifs is 2. The second-order valence-corrected chi connectivity index (χ2v) is 5.59. The van der Waals surface area contributed by atoms with Gasteiger partial charge in [-0.2, -0.15) is 0 Å². The van der Waals surface area contributed by atoms with Crippen LogP contribution in [0.4, 0.5) is 4.39 Å². The van der Waals surface area contributed by atoms with E-state index < -0.39 is 5.97 Å². The molecule has 0 heterocycles. The monoisotopic (exact) mass is 288 g/mol. The van der Waals surface area contributed by atoms with Gasteiger partial charge in [0.1, 0.15) is 5.82 Å². The molecule has 2 atom stereocenters. The van der Waals surface area contributed by atoms with Gasteiger partial charge in [0.25, 0.3) is 0 Å². The van der Waals surface area contributed by atoms with Crippen molar-refractivity contribution in [2.24, 2.45) is 11.8 Å². The van der Waals surface area contributed by atoms with E-state index >= 15 is 0 Å². The van der Waals surface area contributed by atoms with Gasteiger partial charge in [-0.25, -0.2) is 9.18 Å². The molecule has 1 aromatic carbocycles. The lowest BCUT2D eigenvalue weighted by atomic mass is 10.0. The lowest BCUT2D eigenvalue weighted by molar-refractivity contribution is -0.131. The highest BCUT2D eigenvalue weighted by molar-refractivity contribution is 5.85. The first-order valence-electron chi connectivity index (χ1n) is 7.46. The SMILES string of the molecule is C1=CC2CCC1C2.CCc1cc(F)ccc1C=CC(=O)O. The maximum Gasteiger partial charge on any atom is 0.328 e. The fourth-order valence-electron chi connectivity index (χ4n) is 2.92. The number of carbonyl (C=O) groups is 1. The molecule has 2 unspecified atom stereocenters. The minimum atomic E-state index is -1.00. The van der Waals surface area contributed by atoms with Crippen LogP contribution in [-0.2, 0) is 11.2 Å². The van der Waals surface area contributed by atoms with Gasteiger partial charge in [-0.15, -0.1) is 0 Å². The number of aryl methyl sites for hydroxylation is 1. The van der Waals surface area contributed by atoms with E-state index in [1.165, 1.54) is 37.5 Å². The Morgan fingerprint density at radius 1 is 1.33 bits per heavy atom. The Bertz CT molecular complexity index is 548. The summed E-state index contributed by atoms with van der Waals surface area (Å²) in [6.45, 7) is 1.90. The van der Waals surface area contributed by atoms with E-state index in [-0.39, 0.29) is 5.82 Å². The molecule has 2 aliphatic carbocycles. The lowest BCUT2D eigenvalue weighted by Gasteiger charge is -2.02. The molecule has 0 radical (unpaired) electrons. The van der Waals surface area contributed by atoms with Crippen LogP contribution in [-0.4, -0.2) is 11.1 Å². The number of allylic oxidation sites excluding steroid dienone is 2. The zero-order valence-electron chi connectivity index (χ0n) is 12.3. The number of aliphatic carboxylic acids is 1. The summed E-state index contributed by atoms with van der Waals surface area (Å²) in [6.07, 6.45) is 12.4. The number of hydrogen-bond donors (Lipinski definition) is 1. The molecule has 0 saturated heterocycles. The normalized spacial score (nSPS) is 22.4. The highest BCUT2D eigenvalue weighted by Crippen LogP contribution is 2.38. The summed E-state index contributed by atoms with van der Waals surface area (Å²) in [5.41, 5.74) is 1.55. The second-order valence-electron chi connectivity index (χ2n) is 5.59. The van der Waals surface area contributed by atoms with Crippen molar-refractivity contribution in [3.05, 3.63) is 53.4 Å². The molecule has 3 heteroatoms. The molecular formula is C18H21FO2. The average molecular weight is 288 g/mol. The van der Waals surface area contributed by atoms with E-state index in [2.05, 4.69) is 12.2 Å². The summed E-state index contributed by atoms with van der Waals surface area (Å²) in [5, 5.41) is 8.43. The van der Waals surface area contributed by atoms with Crippen molar-refractivity contribution < 1.29 is 14.3 Å². The third kappa shape index (κ3) is 4.55. The molecule has 3 rings (SSSR count). The summed E-state index contributed by atoms with van der Waals surface area (Å²) in [4.78, 5) is 10.3. The van der Waals surface area contributed by atoms with Gasteiger partial charge in [-0.05, 0) is 66.9 Å². The lowest BCUT2D eigenvalue weighted by Crippen LogP contribution is -1.90. The van der Waals surface area contributed by atoms with E-state index in [4.69, 9.17) is 5.11 Å². The van der Waals surface area contributed by atoms with Crippen LogP contribution in [0, 0.1) is 17.7 Å². The molecule has 2 nitrogen and oxygen atoms in total. The summed E-state index contributed by atoms with van der Waals surface area (Å²) in [5.74, 6) is 0.681. The predicted molar refractivity (Wildman–Crippen MR) is 82.4 cm³/mol. The third-order valence-corrected chi connectivity index (χ3v) is 4.06. The van der Waals surface area contributed by atoms with Crippen LogP contribution in [0.5, 0.6) is 0 Å². The number of carboxylic acids is 1. The van der Waals surface area contributed by atoms with E-state index in [0.29, 0.717) is 6.42 Å². The maximum atomic E-state index is 12.8. The van der Waals surface area contributed by atoms with Crippen LogP contribution in [0.25, 0.3) is 6.08 Å². The fraction of sp³-hybridized carbons (Fsp3) is 0.389. The van der Waals surface area contributed by atoms with Crippen molar-refractivity contribution in [1.29, 1.82) is 0 Å². The zero-order valence-corrected chi connectivity index (χ0v) is 12.3. The summed E-state index contributed by atoms with van der Waals surface area (Å²) < 4.78 is 12.8. The van der Waals surface area contributed by atoms with E-state index in [1.807, 2.05) is 6.92 Å². The molecule has 0 amide bonds. The summed E-state index contributed by atoms with van der Waals surface area (Å²) in [6, 6.07) is 4.32. The smallest absolute Gasteiger partial charge is 0.328 e. The highest BCUT2D eigenvalue weighted by atomic mass is 19.1. The van der Waals surface area contributed by atoms with Crippen molar-refractivity contribution in [2.45, 2.75) is 32.6 Å². The Morgan fingerprint density at radius 3 is 2.43 bits per heavy atom. The largest absolute Gasteiger partial charge is 0.478 e. The Kier molecular flexibility index (Phi) is 5.32. The molecule has 1 saturated carbocycles. The number of halogens is 1. The average Bonchev–Trinajstić information content (AvgIpc) is 3.11. The van der Waals surface area contributed by atoms with Gasteiger partial charge in [-0.1, -0.05) is 25.1 Å². The third-order valence-electron chi connectivity index (χ3n) is 4.06. The van der Waals surface area contributed by atoms with Crippen molar-refractivity contribution in [1.82, 2.24) is 0 Å². The minimum absolute atomic E-state index is 0.297. The highest BCUT2D eigenvalue weighted by Gasteiger charge is 2.25. The van der Waals surface area contributed by atoms with Gasteiger partial charge in [0.15, 0.2) is 0 Å². The van der Waals surface area contributed by atoms with Crippen LogP contribution in [0.15, 0.2) is 36.4 Å². The molecule has 1 N–H and O–H groups in total. The molecule has 0 aromatic heterocycles. The van der Waals surface area contributed by atoms with E-state index in [1.54, 1.807) is 6.07 Å². The Hall–Kier alpha value is -1.90. The van der Waals surface area contributed by atoms with Gasteiger partial charge in [-0.3, -0.25) is 0 Å². The van der Waals surface area contributed by atoms with Crippen molar-refractivity contribution in [3.63, 3.8) is 0 Å². The van der Waals surface area contributed by atoms with Gasteiger partial charge < -0.3 is 5.11 Å². The molecule has 2 bridgehead atoms. The molecule has 1 aromatic rings. The van der Waals surface area contributed by atoms with Crippen molar-refractivity contribution in [2.75, 3.05) is 0 Å². The van der Waals surface area contributed by atoms with E-state index in [0.717, 1.165) is 29.0 Å². The zero-order chi connectivity index (χ0) is 15.2. The van der Waals surface area contributed by atoms with Gasteiger partial charge in [0, 0.05) is 6.08 Å². The van der Waals surface area contributed by atoms with Crippen LogP contribution in [0.3, 0.4) is 0 Å². The van der Waals surface area contributed by atoms with Crippen molar-refractivity contribution in [3.8, 4) is 0 Å². The van der Waals surface area contributed by atoms with Crippen LogP contribution < -0.4 is 0 Å². The predicted octanol–water partition coefficient (Wildman–Crippen LogP) is 4.46. The molecular weight excluding hydrogens is 267 g/mol. The standard InChI is InChI=1S/C11H11FO2.C7H10/c1-2-8-7-10(12)5-3-9(8)4-6-11(13)14;1-2-7-4-3-6(1)5-7/h3-7H,2H2,1H3,(H,13,14);1-2,6-7H,3-5H2. The first kappa shape index (κ1) is 15.5. The molecule has 0 aliphatic heterocycles. The van der Waals surface area contributed by atoms with E-state index in [9.17, 15) is 9.18 Å². The second kappa shape index (κ2) is 7.21. The first-order chi connectivity index (χ1) is 10.1. The Morgan fingerprint density at radius 2 is 2.00 bits per heavy atom. The van der Waals surface area contributed by atoms with Crippen LogP contribution in [0.1, 0.15) is 37.3 Å². The number of benzene rings is 1. The molecule has 112 valence electrons. The number of rotatable bonds is 3. The van der Waals surface area contributed by atoms with Crippen LogP contribution >= 0.6 is 0 Å². The van der Waals surface area contributed by atoms with Crippen LogP contribution in [0.2, 0.25) is 0 Å². The van der Waals surface area contributed by atoms with Gasteiger partial charge in [0.2, 0.25) is 0 Å². The van der Waals surface area contributed by atoms with Gasteiger partial charge in [0.05, 0.1) is 0 Å². The van der Waals surface area contributed by atoms with Gasteiger partial charge >= 0.3 is 5.97 Å². The quantitative estimate of drug-likeness (QED) is 0.658.